The van der Waals surface area contributed by atoms with E-state index in [1.54, 1.807) is 0 Å². The molecule has 12 heavy (non-hydrogen) atoms. The molecule has 0 atom stereocenters. The van der Waals surface area contributed by atoms with Crippen LogP contribution in [0.2, 0.25) is 0 Å². The lowest BCUT2D eigenvalue weighted by Crippen LogP contribution is -2.18. The molecule has 1 heterocycles. The highest BCUT2D eigenvalue weighted by atomic mass is 19.4. The summed E-state index contributed by atoms with van der Waals surface area (Å²) in [4.78, 5) is 3.19. The number of hydrogen-bond donors (Lipinski definition) is 1. The summed E-state index contributed by atoms with van der Waals surface area (Å²) in [6.45, 7) is 0.300. The van der Waals surface area contributed by atoms with Gasteiger partial charge in [-0.05, 0) is 0 Å². The van der Waals surface area contributed by atoms with Crippen LogP contribution in [0.25, 0.3) is 0 Å². The molecule has 0 aliphatic rings. The molecule has 0 unspecified atom stereocenters. The Bertz CT molecular complexity index is 253. The van der Waals surface area contributed by atoms with Gasteiger partial charge in [0.05, 0.1) is 0 Å². The molecule has 0 bridgehead atoms. The Labute approximate surface area is 67.0 Å². The topological polar surface area (TPSA) is 43.8 Å². The second-order valence-electron chi connectivity index (χ2n) is 2.23. The lowest BCUT2D eigenvalue weighted by molar-refractivity contribution is -0.147. The predicted octanol–water partition coefficient (Wildman–Crippen LogP) is 0.861. The summed E-state index contributed by atoms with van der Waals surface area (Å²) in [5.41, 5.74) is 5.12. The summed E-state index contributed by atoms with van der Waals surface area (Å²) in [6, 6.07) is 0. The van der Waals surface area contributed by atoms with Crippen LogP contribution in [0.3, 0.4) is 0 Å². The van der Waals surface area contributed by atoms with E-state index in [-0.39, 0.29) is 13.1 Å². The van der Waals surface area contributed by atoms with Gasteiger partial charge in [0, 0.05) is 25.5 Å². The molecular weight excluding hydrogens is 171 g/mol. The van der Waals surface area contributed by atoms with Gasteiger partial charge in [0.15, 0.2) is 0 Å². The average Bonchev–Trinajstić information content (AvgIpc) is 2.34. The molecular formula is C6H8F3N3. The van der Waals surface area contributed by atoms with Crippen LogP contribution in [0.4, 0.5) is 13.2 Å². The standard InChI is InChI=1S/C6H8F3N3/c7-6(8,9)5-11-2-4-12(5)3-1-10/h2,4H,1,3,10H2. The van der Waals surface area contributed by atoms with Gasteiger partial charge in [-0.15, -0.1) is 0 Å². The van der Waals surface area contributed by atoms with Crippen LogP contribution < -0.4 is 5.73 Å². The van der Waals surface area contributed by atoms with E-state index in [2.05, 4.69) is 4.98 Å². The van der Waals surface area contributed by atoms with E-state index in [1.807, 2.05) is 0 Å². The molecule has 0 amide bonds. The minimum atomic E-state index is -4.39. The van der Waals surface area contributed by atoms with Gasteiger partial charge in [-0.2, -0.15) is 13.2 Å². The first kappa shape index (κ1) is 9.05. The fraction of sp³-hybridized carbons (Fsp3) is 0.500. The van der Waals surface area contributed by atoms with Crippen molar-refractivity contribution >= 4 is 0 Å². The van der Waals surface area contributed by atoms with Crippen molar-refractivity contribution in [1.82, 2.24) is 9.55 Å². The Kier molecular flexibility index (Phi) is 2.37. The molecule has 0 saturated heterocycles. The summed E-state index contributed by atoms with van der Waals surface area (Å²) in [7, 11) is 0. The average molecular weight is 179 g/mol. The van der Waals surface area contributed by atoms with Crippen LogP contribution >= 0.6 is 0 Å². The Morgan fingerprint density at radius 1 is 1.50 bits per heavy atom. The maximum absolute atomic E-state index is 12.1. The van der Waals surface area contributed by atoms with Crippen molar-refractivity contribution in [3.63, 3.8) is 0 Å². The highest BCUT2D eigenvalue weighted by molar-refractivity contribution is 4.96. The van der Waals surface area contributed by atoms with Crippen LogP contribution in [0, 0.1) is 0 Å². The van der Waals surface area contributed by atoms with E-state index >= 15 is 0 Å². The van der Waals surface area contributed by atoms with Crippen LogP contribution in [0.15, 0.2) is 12.4 Å². The lowest BCUT2D eigenvalue weighted by Gasteiger charge is -2.08. The zero-order chi connectivity index (χ0) is 9.19. The van der Waals surface area contributed by atoms with E-state index in [1.165, 1.54) is 6.20 Å². The summed E-state index contributed by atoms with van der Waals surface area (Å²) in [6.07, 6.45) is -2.02. The van der Waals surface area contributed by atoms with Crippen LogP contribution in [-0.4, -0.2) is 16.1 Å². The number of hydrogen-bond acceptors (Lipinski definition) is 2. The van der Waals surface area contributed by atoms with Crippen molar-refractivity contribution in [3.8, 4) is 0 Å². The smallest absolute Gasteiger partial charge is 0.329 e. The SMILES string of the molecule is NCCn1ccnc1C(F)(F)F. The number of rotatable bonds is 2. The minimum absolute atomic E-state index is 0.134. The minimum Gasteiger partial charge on any atom is -0.329 e. The first-order valence-electron chi connectivity index (χ1n) is 3.34. The van der Waals surface area contributed by atoms with E-state index in [9.17, 15) is 13.2 Å². The normalized spacial score (nSPS) is 12.0. The second kappa shape index (κ2) is 3.14. The number of nitrogens with zero attached hydrogens (tertiary/aromatic N) is 2. The quantitative estimate of drug-likeness (QED) is 0.731. The molecule has 0 saturated carbocycles. The second-order valence-corrected chi connectivity index (χ2v) is 2.23. The van der Waals surface area contributed by atoms with E-state index in [0.717, 1.165) is 10.8 Å². The van der Waals surface area contributed by atoms with Crippen molar-refractivity contribution in [1.29, 1.82) is 0 Å². The van der Waals surface area contributed by atoms with Gasteiger partial charge >= 0.3 is 6.18 Å². The number of nitrogens with two attached hydrogens (primary N) is 1. The molecule has 68 valence electrons. The number of alkyl halides is 3. The third-order valence-electron chi connectivity index (χ3n) is 1.34. The molecule has 0 fully saturated rings. The highest BCUT2D eigenvalue weighted by Crippen LogP contribution is 2.27. The van der Waals surface area contributed by atoms with Crippen molar-refractivity contribution < 1.29 is 13.2 Å². The Balaban J connectivity index is 2.91. The van der Waals surface area contributed by atoms with Crippen LogP contribution in [-0.2, 0) is 12.7 Å². The fourth-order valence-corrected chi connectivity index (χ4v) is 0.885. The van der Waals surface area contributed by atoms with E-state index in [4.69, 9.17) is 5.73 Å². The predicted molar refractivity (Wildman–Crippen MR) is 36.3 cm³/mol. The molecule has 3 nitrogen and oxygen atoms in total. The lowest BCUT2D eigenvalue weighted by atomic mass is 10.5. The van der Waals surface area contributed by atoms with Crippen molar-refractivity contribution in [3.05, 3.63) is 18.2 Å². The zero-order valence-electron chi connectivity index (χ0n) is 6.17. The largest absolute Gasteiger partial charge is 0.449 e. The van der Waals surface area contributed by atoms with Crippen molar-refractivity contribution in [2.45, 2.75) is 12.7 Å². The van der Waals surface area contributed by atoms with Crippen molar-refractivity contribution in [2.24, 2.45) is 5.73 Å². The number of halogens is 3. The van der Waals surface area contributed by atoms with Gasteiger partial charge in [-0.25, -0.2) is 4.98 Å². The highest BCUT2D eigenvalue weighted by Gasteiger charge is 2.35. The molecule has 1 aromatic heterocycles. The van der Waals surface area contributed by atoms with Gasteiger partial charge < -0.3 is 10.3 Å². The van der Waals surface area contributed by atoms with Gasteiger partial charge in [0.25, 0.3) is 0 Å². The zero-order valence-corrected chi connectivity index (χ0v) is 6.17. The monoisotopic (exact) mass is 179 g/mol. The summed E-state index contributed by atoms with van der Waals surface area (Å²) < 4.78 is 37.2. The summed E-state index contributed by atoms with van der Waals surface area (Å²) >= 11 is 0. The van der Waals surface area contributed by atoms with E-state index in [0.29, 0.717) is 0 Å². The van der Waals surface area contributed by atoms with E-state index < -0.39 is 12.0 Å². The number of imidazole rings is 1. The van der Waals surface area contributed by atoms with Gasteiger partial charge in [-0.3, -0.25) is 0 Å². The van der Waals surface area contributed by atoms with Gasteiger partial charge in [0.2, 0.25) is 5.82 Å². The molecule has 2 N–H and O–H groups in total. The maximum atomic E-state index is 12.1. The molecule has 0 aliphatic heterocycles. The van der Waals surface area contributed by atoms with Crippen LogP contribution in [0.1, 0.15) is 5.82 Å². The Morgan fingerprint density at radius 2 is 2.17 bits per heavy atom. The first-order chi connectivity index (χ1) is 5.55. The molecule has 6 heteroatoms. The fourth-order valence-electron chi connectivity index (χ4n) is 0.885. The maximum Gasteiger partial charge on any atom is 0.449 e. The molecule has 0 radical (unpaired) electrons. The van der Waals surface area contributed by atoms with Gasteiger partial charge in [0.1, 0.15) is 0 Å². The van der Waals surface area contributed by atoms with Crippen LogP contribution in [0.5, 0.6) is 0 Å². The first-order valence-corrected chi connectivity index (χ1v) is 3.34. The molecule has 1 aromatic rings. The Morgan fingerprint density at radius 3 is 2.67 bits per heavy atom. The summed E-state index contributed by atoms with van der Waals surface area (Å²) in [5.74, 6) is -0.895. The van der Waals surface area contributed by atoms with Crippen molar-refractivity contribution in [2.75, 3.05) is 6.54 Å². The third-order valence-corrected chi connectivity index (χ3v) is 1.34. The van der Waals surface area contributed by atoms with Gasteiger partial charge in [-0.1, -0.05) is 0 Å². The summed E-state index contributed by atoms with van der Waals surface area (Å²) in [5, 5.41) is 0. The molecule has 0 spiro atoms. The number of aromatic nitrogens is 2. The Hall–Kier alpha value is -1.04. The third kappa shape index (κ3) is 1.76. The molecule has 0 aromatic carbocycles. The molecule has 1 rings (SSSR count). The molecule has 0 aliphatic carbocycles.